The monoisotopic (exact) mass is 492 g/mol. The number of carbonyl (C=O) groups excluding carboxylic acids is 1. The summed E-state index contributed by atoms with van der Waals surface area (Å²) in [4.78, 5) is 30.3. The Kier molecular flexibility index (Phi) is 5.55. The van der Waals surface area contributed by atoms with Crippen molar-refractivity contribution in [2.45, 2.75) is 12.4 Å². The first-order valence-corrected chi connectivity index (χ1v) is 9.46. The van der Waals surface area contributed by atoms with E-state index in [9.17, 15) is 41.2 Å². The second-order valence-corrected chi connectivity index (χ2v) is 7.04. The first-order chi connectivity index (χ1) is 16.4. The largest absolute Gasteiger partial charge is 0.434 e. The maximum absolute atomic E-state index is 14.1. The third-order valence-corrected chi connectivity index (χ3v) is 4.85. The Bertz CT molecular complexity index is 1560. The van der Waals surface area contributed by atoms with E-state index in [2.05, 4.69) is 15.1 Å². The number of halogens is 6. The van der Waals surface area contributed by atoms with Crippen molar-refractivity contribution in [1.82, 2.24) is 19.7 Å². The molecule has 0 aliphatic carbocycles. The number of alkyl halides is 6. The number of nitrogens with zero attached hydrogens (tertiary/aromatic N) is 4. The highest BCUT2D eigenvalue weighted by molar-refractivity contribution is 6.05. The zero-order chi connectivity index (χ0) is 25.5. The Morgan fingerprint density at radius 3 is 2.49 bits per heavy atom. The van der Waals surface area contributed by atoms with Gasteiger partial charge in [0.1, 0.15) is 5.69 Å². The number of rotatable bonds is 3. The van der Waals surface area contributed by atoms with Crippen molar-refractivity contribution >= 4 is 22.4 Å². The van der Waals surface area contributed by atoms with Gasteiger partial charge >= 0.3 is 12.4 Å². The van der Waals surface area contributed by atoms with Gasteiger partial charge in [0, 0.05) is 23.5 Å². The number of aromatic nitrogens is 4. The first kappa shape index (κ1) is 23.5. The van der Waals surface area contributed by atoms with Gasteiger partial charge in [-0.3, -0.25) is 14.6 Å². The molecule has 35 heavy (non-hydrogen) atoms. The van der Waals surface area contributed by atoms with Crippen LogP contribution in [-0.2, 0) is 12.4 Å². The molecule has 0 saturated heterocycles. The molecule has 1 amide bonds. The topological polar surface area (TPSA) is 116 Å². The van der Waals surface area contributed by atoms with Crippen molar-refractivity contribution in [3.63, 3.8) is 0 Å². The van der Waals surface area contributed by atoms with Crippen LogP contribution in [0.25, 0.3) is 16.5 Å². The van der Waals surface area contributed by atoms with Crippen LogP contribution < -0.4 is 10.9 Å². The number of hydrogen-bond donors (Lipinski definition) is 2. The molecule has 0 aliphatic rings. The number of anilines is 1. The molecule has 2 N–H and O–H groups in total. The van der Waals surface area contributed by atoms with Gasteiger partial charge in [-0.1, -0.05) is 0 Å². The van der Waals surface area contributed by atoms with Gasteiger partial charge in [-0.25, -0.2) is 4.68 Å². The Balaban J connectivity index is 1.85. The summed E-state index contributed by atoms with van der Waals surface area (Å²) in [7, 11) is 0. The molecule has 14 heteroatoms. The van der Waals surface area contributed by atoms with Gasteiger partial charge in [0.2, 0.25) is 0 Å². The van der Waals surface area contributed by atoms with Crippen LogP contribution in [0.15, 0.2) is 53.7 Å². The molecule has 178 valence electrons. The van der Waals surface area contributed by atoms with Crippen LogP contribution in [0, 0.1) is 11.3 Å². The number of fused-ring (bicyclic) bond motifs is 1. The van der Waals surface area contributed by atoms with Crippen LogP contribution in [0.1, 0.15) is 27.3 Å². The molecule has 0 bridgehead atoms. The van der Waals surface area contributed by atoms with E-state index in [1.807, 2.05) is 5.32 Å². The van der Waals surface area contributed by atoms with Crippen molar-refractivity contribution in [3.05, 3.63) is 81.8 Å². The summed E-state index contributed by atoms with van der Waals surface area (Å²) in [6.45, 7) is 0. The molecule has 0 unspecified atom stereocenters. The fraction of sp³-hybridized carbons (Fsp3) is 0.0952. The Morgan fingerprint density at radius 1 is 1.09 bits per heavy atom. The van der Waals surface area contributed by atoms with Gasteiger partial charge in [-0.2, -0.15) is 36.7 Å². The minimum atomic E-state index is -5.14. The van der Waals surface area contributed by atoms with Crippen LogP contribution in [0.2, 0.25) is 0 Å². The Hall–Kier alpha value is -4.67. The minimum Gasteiger partial charge on any atom is -0.329 e. The van der Waals surface area contributed by atoms with E-state index in [0.29, 0.717) is 16.9 Å². The molecule has 1 aromatic carbocycles. The molecular weight excluding hydrogens is 482 g/mol. The van der Waals surface area contributed by atoms with Crippen LogP contribution in [0.3, 0.4) is 0 Å². The van der Waals surface area contributed by atoms with Gasteiger partial charge in [0.25, 0.3) is 11.5 Å². The molecule has 8 nitrogen and oxygen atoms in total. The van der Waals surface area contributed by atoms with Crippen LogP contribution >= 0.6 is 0 Å². The SMILES string of the molecule is N#Cc1ccc(-n2ncc(C(=O)Nc3ccnc(C(F)(F)F)c3)c2C(F)(F)F)c2cc[nH]c(=O)c12. The summed E-state index contributed by atoms with van der Waals surface area (Å²) < 4.78 is 81.1. The van der Waals surface area contributed by atoms with Crippen LogP contribution in [-0.4, -0.2) is 25.7 Å². The molecule has 3 heterocycles. The summed E-state index contributed by atoms with van der Waals surface area (Å²) in [6.07, 6.45) is -7.47. The highest BCUT2D eigenvalue weighted by Gasteiger charge is 2.41. The average Bonchev–Trinajstić information content (AvgIpc) is 3.24. The minimum absolute atomic E-state index is 0.0442. The number of benzene rings is 1. The summed E-state index contributed by atoms with van der Waals surface area (Å²) >= 11 is 0. The zero-order valence-corrected chi connectivity index (χ0v) is 17.0. The summed E-state index contributed by atoms with van der Waals surface area (Å²) in [5, 5.41) is 14.7. The van der Waals surface area contributed by atoms with E-state index in [1.165, 1.54) is 12.3 Å². The maximum Gasteiger partial charge on any atom is 0.434 e. The number of pyridine rings is 2. The number of H-pyrrole nitrogens is 1. The van der Waals surface area contributed by atoms with Crippen LogP contribution in [0.5, 0.6) is 0 Å². The van der Waals surface area contributed by atoms with E-state index in [-0.39, 0.29) is 22.0 Å². The third-order valence-electron chi connectivity index (χ3n) is 4.85. The Morgan fingerprint density at radius 2 is 1.83 bits per heavy atom. The number of aromatic amines is 1. The fourth-order valence-electron chi connectivity index (χ4n) is 3.40. The molecule has 4 rings (SSSR count). The first-order valence-electron chi connectivity index (χ1n) is 9.46. The third kappa shape index (κ3) is 4.31. The average molecular weight is 492 g/mol. The van der Waals surface area contributed by atoms with E-state index in [0.717, 1.165) is 24.4 Å². The van der Waals surface area contributed by atoms with Crippen molar-refractivity contribution in [1.29, 1.82) is 5.26 Å². The summed E-state index contributed by atoms with van der Waals surface area (Å²) in [6, 6.07) is 6.75. The molecule has 0 saturated carbocycles. The normalized spacial score (nSPS) is 11.9. The van der Waals surface area contributed by atoms with E-state index < -0.39 is 46.5 Å². The van der Waals surface area contributed by atoms with E-state index in [4.69, 9.17) is 0 Å². The molecule has 0 spiro atoms. The van der Waals surface area contributed by atoms with Gasteiger partial charge in [-0.15, -0.1) is 0 Å². The lowest BCUT2D eigenvalue weighted by Crippen LogP contribution is -2.21. The van der Waals surface area contributed by atoms with Gasteiger partial charge in [-0.05, 0) is 30.3 Å². The number of hydrogen-bond acceptors (Lipinski definition) is 5. The van der Waals surface area contributed by atoms with Gasteiger partial charge in [0.15, 0.2) is 5.69 Å². The smallest absolute Gasteiger partial charge is 0.329 e. The van der Waals surface area contributed by atoms with Crippen LogP contribution in [0.4, 0.5) is 32.0 Å². The van der Waals surface area contributed by atoms with Crippen molar-refractivity contribution in [2.24, 2.45) is 0 Å². The molecule has 0 radical (unpaired) electrons. The molecular formula is C21H10F6N6O2. The number of nitrogens with one attached hydrogen (secondary N) is 2. The lowest BCUT2D eigenvalue weighted by molar-refractivity contribution is -0.143. The van der Waals surface area contributed by atoms with Crippen molar-refractivity contribution in [3.8, 4) is 11.8 Å². The Labute approximate surface area is 190 Å². The highest BCUT2D eigenvalue weighted by Crippen LogP contribution is 2.36. The number of nitriles is 1. The second kappa shape index (κ2) is 8.28. The second-order valence-electron chi connectivity index (χ2n) is 7.04. The lowest BCUT2D eigenvalue weighted by atomic mass is 10.1. The zero-order valence-electron chi connectivity index (χ0n) is 17.0. The molecule has 0 atom stereocenters. The van der Waals surface area contributed by atoms with Gasteiger partial charge < -0.3 is 10.3 Å². The highest BCUT2D eigenvalue weighted by atomic mass is 19.4. The van der Waals surface area contributed by atoms with Gasteiger partial charge in [0.05, 0.1) is 34.5 Å². The fourth-order valence-corrected chi connectivity index (χ4v) is 3.40. The lowest BCUT2D eigenvalue weighted by Gasteiger charge is -2.15. The van der Waals surface area contributed by atoms with E-state index >= 15 is 0 Å². The van der Waals surface area contributed by atoms with Crippen molar-refractivity contribution < 1.29 is 31.1 Å². The molecule has 3 aromatic heterocycles. The van der Waals surface area contributed by atoms with E-state index in [1.54, 1.807) is 6.07 Å². The van der Waals surface area contributed by atoms with Crippen molar-refractivity contribution in [2.75, 3.05) is 5.32 Å². The number of carbonyl (C=O) groups is 1. The maximum atomic E-state index is 14.1. The molecule has 4 aromatic rings. The molecule has 0 fully saturated rings. The standard InChI is InChI=1S/C21H10F6N6O2/c22-20(23,24)15-7-11(3-5-29-15)32-18(34)13-9-31-33(17(13)21(25,26)27)14-2-1-10(8-28)16-12(14)4-6-30-19(16)35/h1-7,9H,(H,30,35)(H,29,32,34). The quantitative estimate of drug-likeness (QED) is 0.415. The predicted octanol–water partition coefficient (Wildman–Crippen LogP) is 4.27. The molecule has 0 aliphatic heterocycles. The number of amides is 1. The summed E-state index contributed by atoms with van der Waals surface area (Å²) in [5.41, 5.74) is -5.37. The summed E-state index contributed by atoms with van der Waals surface area (Å²) in [5.74, 6) is -1.38. The predicted molar refractivity (Wildman–Crippen MR) is 109 cm³/mol.